The fourth-order valence-electron chi connectivity index (χ4n) is 1.16. The van der Waals surface area contributed by atoms with Gasteiger partial charge >= 0.3 is 0 Å². The van der Waals surface area contributed by atoms with E-state index < -0.39 is 22.5 Å². The summed E-state index contributed by atoms with van der Waals surface area (Å²) in [6, 6.07) is 0. The molecule has 0 spiro atoms. The molecule has 0 aliphatic heterocycles. The van der Waals surface area contributed by atoms with Crippen LogP contribution >= 0.6 is 0 Å². The molecule has 20 heavy (non-hydrogen) atoms. The van der Waals surface area contributed by atoms with Crippen molar-refractivity contribution in [1.82, 2.24) is 0 Å². The normalized spacial score (nSPS) is 15.1. The van der Waals surface area contributed by atoms with Gasteiger partial charge in [-0.1, -0.05) is 46.3 Å². The van der Waals surface area contributed by atoms with E-state index in [0.717, 1.165) is 0 Å². The fraction of sp³-hybridized carbons (Fsp3) is 0.750. The van der Waals surface area contributed by atoms with Crippen molar-refractivity contribution in [3.63, 3.8) is 0 Å². The van der Waals surface area contributed by atoms with Gasteiger partial charge in [-0.2, -0.15) is 0 Å². The Morgan fingerprint density at radius 2 is 1.70 bits per heavy atom. The van der Waals surface area contributed by atoms with E-state index >= 15 is 0 Å². The third-order valence-corrected chi connectivity index (χ3v) is 8.96. The lowest BCUT2D eigenvalue weighted by molar-refractivity contribution is 0.172. The Hall–Kier alpha value is -0.346. The molecule has 0 fully saturated rings. The molecule has 0 heterocycles. The van der Waals surface area contributed by atoms with Gasteiger partial charge < -0.3 is 9.53 Å². The number of rotatable bonds is 5. The Morgan fingerprint density at radius 3 is 2.15 bits per heavy atom. The SMILES string of the molecule is CC(C)(C)[Si](C)(C)OCC[C@H](O)/C=C\C#C[Si](C)(C)C. The molecule has 0 bridgehead atoms. The Morgan fingerprint density at radius 1 is 1.15 bits per heavy atom. The molecule has 1 atom stereocenters. The lowest BCUT2D eigenvalue weighted by atomic mass is 10.2. The highest BCUT2D eigenvalue weighted by atomic mass is 28.4. The van der Waals surface area contributed by atoms with Crippen molar-refractivity contribution in [2.24, 2.45) is 0 Å². The molecule has 116 valence electrons. The summed E-state index contributed by atoms with van der Waals surface area (Å²) in [5, 5.41) is 10.1. The summed E-state index contributed by atoms with van der Waals surface area (Å²) in [7, 11) is -3.01. The predicted octanol–water partition coefficient (Wildman–Crippen LogP) is 4.20. The van der Waals surface area contributed by atoms with Crippen LogP contribution in [0, 0.1) is 11.5 Å². The van der Waals surface area contributed by atoms with Crippen molar-refractivity contribution in [2.45, 2.75) is 71.1 Å². The second-order valence-corrected chi connectivity index (χ2v) is 17.4. The topological polar surface area (TPSA) is 29.5 Å². The monoisotopic (exact) mass is 312 g/mol. The first-order valence-electron chi connectivity index (χ1n) is 7.36. The molecule has 0 rings (SSSR count). The lowest BCUT2D eigenvalue weighted by Gasteiger charge is -2.36. The smallest absolute Gasteiger partial charge is 0.191 e. The molecule has 1 N–H and O–H groups in total. The molecule has 0 aliphatic carbocycles. The van der Waals surface area contributed by atoms with Crippen molar-refractivity contribution < 1.29 is 9.53 Å². The predicted molar refractivity (Wildman–Crippen MR) is 94.0 cm³/mol. The standard InChI is InChI=1S/C16H32O2Si2/c1-16(2,3)20(7,8)18-13-12-15(17)11-9-10-14-19(4,5)6/h9,11,15,17H,12-13H2,1-8H3/b11-9-/t15-/m1/s1. The van der Waals surface area contributed by atoms with Crippen LogP contribution in [0.4, 0.5) is 0 Å². The van der Waals surface area contributed by atoms with Crippen LogP contribution < -0.4 is 0 Å². The van der Waals surface area contributed by atoms with E-state index in [9.17, 15) is 5.11 Å². The highest BCUT2D eigenvalue weighted by Crippen LogP contribution is 2.36. The van der Waals surface area contributed by atoms with E-state index in [0.29, 0.717) is 13.0 Å². The minimum Gasteiger partial charge on any atom is -0.417 e. The maximum absolute atomic E-state index is 9.87. The number of hydrogen-bond donors (Lipinski definition) is 1. The summed E-state index contributed by atoms with van der Waals surface area (Å²) >= 11 is 0. The number of hydrogen-bond acceptors (Lipinski definition) is 2. The van der Waals surface area contributed by atoms with Crippen molar-refractivity contribution >= 4 is 16.4 Å². The zero-order chi connectivity index (χ0) is 16.0. The van der Waals surface area contributed by atoms with Gasteiger partial charge in [0.1, 0.15) is 8.07 Å². The van der Waals surface area contributed by atoms with Crippen LogP contribution in [0.25, 0.3) is 0 Å². The van der Waals surface area contributed by atoms with Crippen LogP contribution in [-0.2, 0) is 4.43 Å². The molecule has 0 radical (unpaired) electrons. The maximum atomic E-state index is 9.87. The second-order valence-electron chi connectivity index (χ2n) is 7.84. The molecule has 0 aliphatic rings. The summed E-state index contributed by atoms with van der Waals surface area (Å²) in [6.07, 6.45) is 3.71. The van der Waals surface area contributed by atoms with Crippen LogP contribution in [0.1, 0.15) is 27.2 Å². The van der Waals surface area contributed by atoms with Crippen LogP contribution in [0.3, 0.4) is 0 Å². The largest absolute Gasteiger partial charge is 0.417 e. The van der Waals surface area contributed by atoms with Gasteiger partial charge in [0.2, 0.25) is 0 Å². The second kappa shape index (κ2) is 7.60. The van der Waals surface area contributed by atoms with Crippen molar-refractivity contribution in [1.29, 1.82) is 0 Å². The summed E-state index contributed by atoms with van der Waals surface area (Å²) in [5.74, 6) is 3.03. The van der Waals surface area contributed by atoms with Gasteiger partial charge in [0.05, 0.1) is 6.10 Å². The molecule has 0 saturated heterocycles. The number of allylic oxidation sites excluding steroid dienone is 1. The van der Waals surface area contributed by atoms with Crippen molar-refractivity contribution in [2.75, 3.05) is 6.61 Å². The van der Waals surface area contributed by atoms with Crippen LogP contribution in [0.15, 0.2) is 12.2 Å². The molecule has 2 nitrogen and oxygen atoms in total. The van der Waals surface area contributed by atoms with Crippen molar-refractivity contribution in [3.8, 4) is 11.5 Å². The van der Waals surface area contributed by atoms with E-state index in [2.05, 4.69) is 65.0 Å². The lowest BCUT2D eigenvalue weighted by Crippen LogP contribution is -2.41. The first-order valence-corrected chi connectivity index (χ1v) is 13.8. The molecule has 0 amide bonds. The van der Waals surface area contributed by atoms with E-state index in [1.165, 1.54) is 0 Å². The maximum Gasteiger partial charge on any atom is 0.191 e. The first kappa shape index (κ1) is 19.7. The average Bonchev–Trinajstić information content (AvgIpc) is 2.21. The average molecular weight is 313 g/mol. The van der Waals surface area contributed by atoms with Gasteiger partial charge in [0, 0.05) is 6.61 Å². The Labute approximate surface area is 127 Å². The minimum absolute atomic E-state index is 0.219. The summed E-state index contributed by atoms with van der Waals surface area (Å²) < 4.78 is 6.04. The van der Waals surface area contributed by atoms with Gasteiger partial charge in [-0.05, 0) is 36.7 Å². The number of aliphatic hydroxyl groups is 1. The van der Waals surface area contributed by atoms with Gasteiger partial charge in [-0.15, -0.1) is 5.54 Å². The van der Waals surface area contributed by atoms with Gasteiger partial charge in [-0.25, -0.2) is 0 Å². The van der Waals surface area contributed by atoms with Gasteiger partial charge in [-0.3, -0.25) is 0 Å². The van der Waals surface area contributed by atoms with E-state index in [1.54, 1.807) is 12.2 Å². The quantitative estimate of drug-likeness (QED) is 0.609. The zero-order valence-corrected chi connectivity index (χ0v) is 16.5. The van der Waals surface area contributed by atoms with Crippen LogP contribution in [-0.4, -0.2) is 34.2 Å². The molecule has 0 aromatic rings. The van der Waals surface area contributed by atoms with E-state index in [4.69, 9.17) is 4.43 Å². The highest BCUT2D eigenvalue weighted by Gasteiger charge is 2.36. The van der Waals surface area contributed by atoms with Gasteiger partial charge in [0.25, 0.3) is 0 Å². The van der Waals surface area contributed by atoms with Crippen LogP contribution in [0.5, 0.6) is 0 Å². The number of aliphatic hydroxyl groups excluding tert-OH is 1. The molecule has 0 unspecified atom stereocenters. The first-order chi connectivity index (χ1) is 8.85. The molecule has 0 saturated carbocycles. The minimum atomic E-state index is -1.69. The Balaban J connectivity index is 4.16. The third-order valence-electron chi connectivity index (χ3n) is 3.53. The third kappa shape index (κ3) is 8.75. The van der Waals surface area contributed by atoms with E-state index in [-0.39, 0.29) is 5.04 Å². The molecular formula is C16H32O2Si2. The summed E-state index contributed by atoms with van der Waals surface area (Å²) in [5.41, 5.74) is 3.24. The molecule has 4 heteroatoms. The molecule has 0 aromatic heterocycles. The van der Waals surface area contributed by atoms with Crippen LogP contribution in [0.2, 0.25) is 37.8 Å². The fourth-order valence-corrected chi connectivity index (χ4v) is 2.74. The molecule has 0 aromatic carbocycles. The summed E-state index contributed by atoms with van der Waals surface area (Å²) in [6.45, 7) is 18.4. The molecular weight excluding hydrogens is 280 g/mol. The summed E-state index contributed by atoms with van der Waals surface area (Å²) in [4.78, 5) is 0. The Bertz CT molecular complexity index is 376. The zero-order valence-electron chi connectivity index (χ0n) is 14.5. The van der Waals surface area contributed by atoms with E-state index in [1.807, 2.05) is 0 Å². The highest BCUT2D eigenvalue weighted by molar-refractivity contribution is 6.83. The van der Waals surface area contributed by atoms with Gasteiger partial charge in [0.15, 0.2) is 8.32 Å². The Kier molecular flexibility index (Phi) is 7.47. The van der Waals surface area contributed by atoms with Crippen molar-refractivity contribution in [3.05, 3.63) is 12.2 Å².